The number of aromatic nitrogens is 1. The first-order valence-electron chi connectivity index (χ1n) is 6.54. The van der Waals surface area contributed by atoms with Crippen LogP contribution in [0.25, 0.3) is 0 Å². The molecule has 0 spiro atoms. The zero-order chi connectivity index (χ0) is 15.2. The van der Waals surface area contributed by atoms with Gasteiger partial charge in [-0.1, -0.05) is 12.1 Å². The average Bonchev–Trinajstić information content (AvgIpc) is 2.53. The normalized spacial score (nSPS) is 10.0. The number of rotatable bonds is 6. The van der Waals surface area contributed by atoms with Crippen LogP contribution < -0.4 is 10.1 Å². The smallest absolute Gasteiger partial charge is 0.172 e. The third kappa shape index (κ3) is 3.45. The lowest BCUT2D eigenvalue weighted by atomic mass is 10.1. The Labute approximate surface area is 123 Å². The highest BCUT2D eigenvalue weighted by Crippen LogP contribution is 2.19. The van der Waals surface area contributed by atoms with Crippen LogP contribution >= 0.6 is 0 Å². The maximum atomic E-state index is 11.0. The quantitative estimate of drug-likeness (QED) is 0.631. The molecule has 0 fully saturated rings. The fourth-order valence-electron chi connectivity index (χ4n) is 1.97. The first-order chi connectivity index (χ1) is 10.2. The molecule has 1 heterocycles. The van der Waals surface area contributed by atoms with Gasteiger partial charge in [0, 0.05) is 30.2 Å². The second-order valence-electron chi connectivity index (χ2n) is 4.56. The van der Waals surface area contributed by atoms with Crippen LogP contribution in [0.5, 0.6) is 5.75 Å². The van der Waals surface area contributed by atoms with Crippen molar-refractivity contribution in [3.8, 4) is 5.75 Å². The second kappa shape index (κ2) is 6.65. The Kier molecular flexibility index (Phi) is 4.66. The Morgan fingerprint density at radius 2 is 2.14 bits per heavy atom. The standard InChI is InChI=1S/C16H17N3O2/c1-11-3-6-16(15(9-20)19-11)21-10-12-4-5-13(8-17)14(7-12)18-2/h3-9,17-18H,10H2,1-2H3. The van der Waals surface area contributed by atoms with E-state index < -0.39 is 0 Å². The molecule has 108 valence electrons. The minimum Gasteiger partial charge on any atom is -0.487 e. The van der Waals surface area contributed by atoms with E-state index in [1.807, 2.05) is 25.1 Å². The fourth-order valence-corrected chi connectivity index (χ4v) is 1.97. The topological polar surface area (TPSA) is 75.1 Å². The Morgan fingerprint density at radius 1 is 1.33 bits per heavy atom. The maximum absolute atomic E-state index is 11.0. The van der Waals surface area contributed by atoms with Crippen molar-refractivity contribution >= 4 is 18.2 Å². The number of benzene rings is 1. The van der Waals surface area contributed by atoms with E-state index >= 15 is 0 Å². The number of aryl methyl sites for hydroxylation is 1. The molecule has 0 saturated carbocycles. The summed E-state index contributed by atoms with van der Waals surface area (Å²) in [5.41, 5.74) is 3.70. The summed E-state index contributed by atoms with van der Waals surface area (Å²) in [6.45, 7) is 2.16. The van der Waals surface area contributed by atoms with Crippen LogP contribution in [0.15, 0.2) is 30.3 Å². The Balaban J connectivity index is 2.16. The van der Waals surface area contributed by atoms with Crippen molar-refractivity contribution in [2.75, 3.05) is 12.4 Å². The van der Waals surface area contributed by atoms with Crippen molar-refractivity contribution in [3.05, 3.63) is 52.8 Å². The predicted octanol–water partition coefficient (Wildman–Crippen LogP) is 2.82. The maximum Gasteiger partial charge on any atom is 0.172 e. The molecule has 5 nitrogen and oxygen atoms in total. The number of carbonyl (C=O) groups excluding carboxylic acids is 1. The zero-order valence-electron chi connectivity index (χ0n) is 12.0. The van der Waals surface area contributed by atoms with Crippen LogP contribution in [0.4, 0.5) is 5.69 Å². The molecule has 21 heavy (non-hydrogen) atoms. The fraction of sp³-hybridized carbons (Fsp3) is 0.188. The van der Waals surface area contributed by atoms with E-state index in [2.05, 4.69) is 10.3 Å². The van der Waals surface area contributed by atoms with Crippen molar-refractivity contribution in [3.63, 3.8) is 0 Å². The molecular weight excluding hydrogens is 266 g/mol. The summed E-state index contributed by atoms with van der Waals surface area (Å²) in [6, 6.07) is 9.22. The molecule has 0 aliphatic heterocycles. The molecule has 0 radical (unpaired) electrons. The summed E-state index contributed by atoms with van der Waals surface area (Å²) in [6.07, 6.45) is 1.99. The summed E-state index contributed by atoms with van der Waals surface area (Å²) < 4.78 is 5.66. The largest absolute Gasteiger partial charge is 0.487 e. The molecule has 1 aromatic carbocycles. The third-order valence-corrected chi connectivity index (χ3v) is 3.07. The number of hydrogen-bond donors (Lipinski definition) is 2. The van der Waals surface area contributed by atoms with Crippen LogP contribution in [0.1, 0.15) is 27.3 Å². The Hall–Kier alpha value is -2.69. The van der Waals surface area contributed by atoms with Gasteiger partial charge in [-0.25, -0.2) is 4.98 Å². The number of pyridine rings is 1. The minimum absolute atomic E-state index is 0.306. The number of aldehydes is 1. The average molecular weight is 283 g/mol. The molecule has 2 aromatic rings. The van der Waals surface area contributed by atoms with E-state index in [0.717, 1.165) is 22.5 Å². The summed E-state index contributed by atoms with van der Waals surface area (Å²) in [5.74, 6) is 0.470. The predicted molar refractivity (Wildman–Crippen MR) is 82.6 cm³/mol. The Bertz CT molecular complexity index is 669. The van der Waals surface area contributed by atoms with Crippen molar-refractivity contribution in [1.82, 2.24) is 4.98 Å². The van der Waals surface area contributed by atoms with E-state index in [0.29, 0.717) is 24.3 Å². The molecule has 0 saturated heterocycles. The second-order valence-corrected chi connectivity index (χ2v) is 4.56. The van der Waals surface area contributed by atoms with E-state index in [4.69, 9.17) is 10.1 Å². The van der Waals surface area contributed by atoms with Gasteiger partial charge in [0.05, 0.1) is 0 Å². The van der Waals surface area contributed by atoms with Crippen molar-refractivity contribution in [2.24, 2.45) is 0 Å². The number of ether oxygens (including phenoxy) is 1. The van der Waals surface area contributed by atoms with Gasteiger partial charge in [0.2, 0.25) is 0 Å². The lowest BCUT2D eigenvalue weighted by molar-refractivity contribution is 0.111. The number of hydrogen-bond acceptors (Lipinski definition) is 5. The number of nitrogens with one attached hydrogen (secondary N) is 2. The van der Waals surface area contributed by atoms with E-state index in [-0.39, 0.29) is 0 Å². The molecule has 2 N–H and O–H groups in total. The van der Waals surface area contributed by atoms with Crippen LogP contribution in [0.3, 0.4) is 0 Å². The first-order valence-corrected chi connectivity index (χ1v) is 6.54. The molecule has 2 rings (SSSR count). The number of anilines is 1. The SMILES string of the molecule is CNc1cc(COc2ccc(C)nc2C=O)ccc1C=N. The van der Waals surface area contributed by atoms with Gasteiger partial charge in [-0.2, -0.15) is 0 Å². The molecule has 0 aliphatic rings. The first kappa shape index (κ1) is 14.7. The highest BCUT2D eigenvalue weighted by molar-refractivity contribution is 5.85. The van der Waals surface area contributed by atoms with Gasteiger partial charge in [-0.05, 0) is 30.7 Å². The molecule has 0 bridgehead atoms. The summed E-state index contributed by atoms with van der Waals surface area (Å²) >= 11 is 0. The van der Waals surface area contributed by atoms with Gasteiger partial charge >= 0.3 is 0 Å². The van der Waals surface area contributed by atoms with E-state index in [9.17, 15) is 4.79 Å². The summed E-state index contributed by atoms with van der Waals surface area (Å²) in [4.78, 5) is 15.1. The van der Waals surface area contributed by atoms with Crippen LogP contribution in [0, 0.1) is 12.3 Å². The molecule has 0 amide bonds. The molecule has 1 aromatic heterocycles. The highest BCUT2D eigenvalue weighted by Gasteiger charge is 2.06. The summed E-state index contributed by atoms with van der Waals surface area (Å²) in [5, 5.41) is 10.4. The summed E-state index contributed by atoms with van der Waals surface area (Å²) in [7, 11) is 1.81. The molecule has 0 unspecified atom stereocenters. The molecular formula is C16H17N3O2. The molecule has 0 atom stereocenters. The van der Waals surface area contributed by atoms with Gasteiger partial charge < -0.3 is 15.5 Å². The lowest BCUT2D eigenvalue weighted by Gasteiger charge is -2.11. The van der Waals surface area contributed by atoms with Crippen LogP contribution in [-0.4, -0.2) is 24.5 Å². The molecule has 5 heteroatoms. The van der Waals surface area contributed by atoms with Crippen molar-refractivity contribution < 1.29 is 9.53 Å². The van der Waals surface area contributed by atoms with E-state index in [1.165, 1.54) is 6.21 Å². The van der Waals surface area contributed by atoms with Crippen molar-refractivity contribution in [1.29, 1.82) is 5.41 Å². The molecule has 0 aliphatic carbocycles. The highest BCUT2D eigenvalue weighted by atomic mass is 16.5. The van der Waals surface area contributed by atoms with Crippen LogP contribution in [-0.2, 0) is 6.61 Å². The third-order valence-electron chi connectivity index (χ3n) is 3.07. The van der Waals surface area contributed by atoms with Gasteiger partial charge in [0.15, 0.2) is 6.29 Å². The van der Waals surface area contributed by atoms with Gasteiger partial charge in [0.25, 0.3) is 0 Å². The zero-order valence-corrected chi connectivity index (χ0v) is 12.0. The van der Waals surface area contributed by atoms with Crippen LogP contribution in [0.2, 0.25) is 0 Å². The lowest BCUT2D eigenvalue weighted by Crippen LogP contribution is -2.02. The van der Waals surface area contributed by atoms with Crippen molar-refractivity contribution in [2.45, 2.75) is 13.5 Å². The number of nitrogens with zero attached hydrogens (tertiary/aromatic N) is 1. The number of carbonyl (C=O) groups is 1. The van der Waals surface area contributed by atoms with Gasteiger partial charge in [0.1, 0.15) is 18.1 Å². The monoisotopic (exact) mass is 283 g/mol. The Morgan fingerprint density at radius 3 is 2.81 bits per heavy atom. The van der Waals surface area contributed by atoms with Gasteiger partial charge in [-0.3, -0.25) is 4.79 Å². The van der Waals surface area contributed by atoms with Gasteiger partial charge in [-0.15, -0.1) is 0 Å². The van der Waals surface area contributed by atoms with E-state index in [1.54, 1.807) is 19.2 Å². The minimum atomic E-state index is 0.306.